The third-order valence-electron chi connectivity index (χ3n) is 7.39. The van der Waals surface area contributed by atoms with Crippen LogP contribution in [0.25, 0.3) is 17.1 Å². The van der Waals surface area contributed by atoms with Crippen LogP contribution in [-0.4, -0.2) is 69.5 Å². The lowest BCUT2D eigenvalue weighted by Gasteiger charge is -2.31. The van der Waals surface area contributed by atoms with Crippen molar-refractivity contribution in [2.75, 3.05) is 32.2 Å². The highest BCUT2D eigenvalue weighted by atomic mass is 32.2. The number of para-hydroxylation sites is 1. The molecule has 0 aliphatic carbocycles. The van der Waals surface area contributed by atoms with E-state index in [9.17, 15) is 22.3 Å². The maximum Gasteiger partial charge on any atom is 0.246 e. The van der Waals surface area contributed by atoms with Gasteiger partial charge in [-0.15, -0.1) is 10.2 Å². The molecule has 1 aromatic heterocycles. The molecule has 0 spiro atoms. The summed E-state index contributed by atoms with van der Waals surface area (Å²) in [7, 11) is -1.88. The number of sulfonamides is 1. The monoisotopic (exact) mass is 660 g/mol. The number of nitrogens with zero attached hydrogens (tertiary/aromatic N) is 4. The van der Waals surface area contributed by atoms with Crippen LogP contribution in [0.15, 0.2) is 60.7 Å². The molecule has 1 heterocycles. The predicted molar refractivity (Wildman–Crippen MR) is 172 cm³/mol. The Labute approximate surface area is 263 Å². The van der Waals surface area contributed by atoms with E-state index in [4.69, 9.17) is 14.2 Å². The van der Waals surface area contributed by atoms with Crippen molar-refractivity contribution in [3.63, 3.8) is 0 Å². The molecule has 0 bridgehead atoms. The number of aliphatic hydroxyl groups is 1. The predicted octanol–water partition coefficient (Wildman–Crippen LogP) is 5.83. The summed E-state index contributed by atoms with van der Waals surface area (Å²) >= 11 is 0. The summed E-state index contributed by atoms with van der Waals surface area (Å²) in [5.41, 5.74) is 0.555. The molecule has 0 aliphatic rings. The molecule has 0 saturated heterocycles. The molecule has 1 N–H and O–H groups in total. The summed E-state index contributed by atoms with van der Waals surface area (Å²) in [5, 5.41) is 18.4. The summed E-state index contributed by atoms with van der Waals surface area (Å²) in [6.45, 7) is 7.56. The second kappa shape index (κ2) is 13.5. The van der Waals surface area contributed by atoms with Gasteiger partial charge in [0.15, 0.2) is 5.82 Å². The van der Waals surface area contributed by atoms with E-state index >= 15 is 0 Å². The molecule has 10 nitrogen and oxygen atoms in total. The van der Waals surface area contributed by atoms with Gasteiger partial charge in [-0.05, 0) is 43.3 Å². The van der Waals surface area contributed by atoms with E-state index in [1.807, 2.05) is 0 Å². The van der Waals surface area contributed by atoms with Crippen molar-refractivity contribution in [2.45, 2.75) is 44.0 Å². The number of benzene rings is 3. The van der Waals surface area contributed by atoms with Gasteiger partial charge in [0.2, 0.25) is 16.0 Å². The molecule has 45 heavy (non-hydrogen) atoms. The second-order valence-corrected chi connectivity index (χ2v) is 19.5. The first-order valence-electron chi connectivity index (χ1n) is 14.2. The van der Waals surface area contributed by atoms with Gasteiger partial charge in [0.05, 0.1) is 21.3 Å². The maximum atomic E-state index is 14.7. The Hall–Kier alpha value is -4.01. The SMILES string of the molecule is COc1cccc(-c2nnc(N(CC[Si](C)(C)C)S(=O)(=O)[C@@H](C)[C@@H](O)c3ccc(F)cc3F)n2-c2c(OC)cccc2OC)c1. The lowest BCUT2D eigenvalue weighted by molar-refractivity contribution is 0.171. The average Bonchev–Trinajstić information content (AvgIpc) is 3.43. The zero-order chi connectivity index (χ0) is 33.1. The lowest BCUT2D eigenvalue weighted by atomic mass is 10.1. The van der Waals surface area contributed by atoms with Crippen LogP contribution in [0.3, 0.4) is 0 Å². The van der Waals surface area contributed by atoms with E-state index in [1.54, 1.807) is 42.5 Å². The maximum absolute atomic E-state index is 14.7. The third kappa shape index (κ3) is 7.13. The molecule has 4 aromatic rings. The molecular formula is C31H38F2N4O6SSi. The van der Waals surface area contributed by atoms with Crippen LogP contribution in [-0.2, 0) is 10.0 Å². The molecule has 0 radical (unpaired) electrons. The second-order valence-electron chi connectivity index (χ2n) is 11.6. The summed E-state index contributed by atoms with van der Waals surface area (Å²) < 4.78 is 76.8. The highest BCUT2D eigenvalue weighted by Crippen LogP contribution is 2.40. The fraction of sp³-hybridized carbons (Fsp3) is 0.355. The number of rotatable bonds is 13. The first-order chi connectivity index (χ1) is 21.2. The summed E-state index contributed by atoms with van der Waals surface area (Å²) in [6, 6.07) is 15.3. The fourth-order valence-corrected chi connectivity index (χ4v) is 7.40. The van der Waals surface area contributed by atoms with Crippen molar-refractivity contribution in [3.8, 4) is 34.3 Å². The van der Waals surface area contributed by atoms with Crippen molar-refractivity contribution in [1.82, 2.24) is 14.8 Å². The van der Waals surface area contributed by atoms with Gasteiger partial charge in [-0.25, -0.2) is 21.5 Å². The Morgan fingerprint density at radius 3 is 2.16 bits per heavy atom. The molecule has 0 saturated carbocycles. The van der Waals surface area contributed by atoms with Gasteiger partial charge in [-0.3, -0.25) is 4.57 Å². The van der Waals surface area contributed by atoms with E-state index < -0.39 is 41.1 Å². The first kappa shape index (κ1) is 33.9. The third-order valence-corrected chi connectivity index (χ3v) is 11.3. The smallest absolute Gasteiger partial charge is 0.246 e. The van der Waals surface area contributed by atoms with Crippen LogP contribution in [0.1, 0.15) is 18.6 Å². The Balaban J connectivity index is 2.00. The Kier molecular flexibility index (Phi) is 10.2. The number of aromatic nitrogens is 3. The molecule has 0 aliphatic heterocycles. The molecule has 4 rings (SSSR count). The Bertz CT molecular complexity index is 1740. The number of ether oxygens (including phenoxy) is 3. The zero-order valence-corrected chi connectivity index (χ0v) is 28.1. The molecular weight excluding hydrogens is 623 g/mol. The van der Waals surface area contributed by atoms with Gasteiger partial charge in [0.1, 0.15) is 45.9 Å². The average molecular weight is 661 g/mol. The highest BCUT2D eigenvalue weighted by Gasteiger charge is 2.40. The topological polar surface area (TPSA) is 116 Å². The number of halogens is 2. The lowest BCUT2D eigenvalue weighted by Crippen LogP contribution is -2.44. The van der Waals surface area contributed by atoms with E-state index in [0.717, 1.165) is 16.4 Å². The van der Waals surface area contributed by atoms with Crippen molar-refractivity contribution in [3.05, 3.63) is 77.9 Å². The first-order valence-corrected chi connectivity index (χ1v) is 19.4. The summed E-state index contributed by atoms with van der Waals surface area (Å²) in [4.78, 5) is 0. The van der Waals surface area contributed by atoms with Crippen molar-refractivity contribution >= 4 is 24.0 Å². The van der Waals surface area contributed by atoms with Crippen LogP contribution < -0.4 is 18.5 Å². The quantitative estimate of drug-likeness (QED) is 0.178. The van der Waals surface area contributed by atoms with E-state index in [-0.39, 0.29) is 23.9 Å². The molecule has 0 amide bonds. The van der Waals surface area contributed by atoms with Crippen LogP contribution in [0.4, 0.5) is 14.7 Å². The van der Waals surface area contributed by atoms with Crippen molar-refractivity contribution in [1.29, 1.82) is 0 Å². The van der Waals surface area contributed by atoms with Crippen LogP contribution in [0, 0.1) is 11.6 Å². The molecule has 14 heteroatoms. The molecule has 3 aromatic carbocycles. The number of methoxy groups -OCH3 is 3. The van der Waals surface area contributed by atoms with Gasteiger partial charge >= 0.3 is 0 Å². The van der Waals surface area contributed by atoms with Crippen molar-refractivity contribution < 1.29 is 36.5 Å². The number of anilines is 1. The van der Waals surface area contributed by atoms with Crippen molar-refractivity contribution in [2.24, 2.45) is 0 Å². The molecule has 242 valence electrons. The van der Waals surface area contributed by atoms with Crippen LogP contribution in [0.5, 0.6) is 17.2 Å². The van der Waals surface area contributed by atoms with E-state index in [0.29, 0.717) is 40.6 Å². The number of aliphatic hydroxyl groups excluding tert-OH is 1. The molecule has 2 atom stereocenters. The fourth-order valence-electron chi connectivity index (χ4n) is 4.78. The van der Waals surface area contributed by atoms with Gasteiger partial charge in [-0.1, -0.05) is 43.9 Å². The Morgan fingerprint density at radius 2 is 1.58 bits per heavy atom. The van der Waals surface area contributed by atoms with Crippen LogP contribution >= 0.6 is 0 Å². The zero-order valence-electron chi connectivity index (χ0n) is 26.3. The van der Waals surface area contributed by atoms with Gasteiger partial charge < -0.3 is 19.3 Å². The van der Waals surface area contributed by atoms with E-state index in [2.05, 4.69) is 29.8 Å². The largest absolute Gasteiger partial charge is 0.497 e. The Morgan fingerprint density at radius 1 is 0.933 bits per heavy atom. The van der Waals surface area contributed by atoms with E-state index in [1.165, 1.54) is 32.8 Å². The minimum absolute atomic E-state index is 0.00523. The van der Waals surface area contributed by atoms with Crippen LogP contribution in [0.2, 0.25) is 25.7 Å². The normalized spacial score (nSPS) is 13.3. The minimum Gasteiger partial charge on any atom is -0.497 e. The minimum atomic E-state index is -4.49. The summed E-state index contributed by atoms with van der Waals surface area (Å²) in [6.07, 6.45) is -1.82. The van der Waals surface area contributed by atoms with Gasteiger partial charge in [0, 0.05) is 31.8 Å². The standard InChI is InChI=1S/C31H38F2N4O6SSi/c1-20(29(38)24-15-14-22(32)19-25(24)33)44(39,40)36(16-17-45(5,6)7)31-35-34-30(21-10-8-11-23(18-21)41-2)37(31)28-26(42-3)12-9-13-27(28)43-4/h8-15,18-20,29,38H,16-17H2,1-7H3/t20-,29+/m0/s1. The van der Waals surface area contributed by atoms with Gasteiger partial charge in [-0.2, -0.15) is 0 Å². The summed E-state index contributed by atoms with van der Waals surface area (Å²) in [5.74, 6) is -0.491. The molecule has 0 unspecified atom stereocenters. The highest BCUT2D eigenvalue weighted by molar-refractivity contribution is 7.93. The number of hydrogen-bond acceptors (Lipinski definition) is 8. The molecule has 0 fully saturated rings. The van der Waals surface area contributed by atoms with Gasteiger partial charge in [0.25, 0.3) is 0 Å². The number of hydrogen-bond donors (Lipinski definition) is 1.